The zero-order valence-corrected chi connectivity index (χ0v) is 27.4. The van der Waals surface area contributed by atoms with Crippen molar-refractivity contribution >= 4 is 35.6 Å². The van der Waals surface area contributed by atoms with Crippen LogP contribution in [0.3, 0.4) is 0 Å². The third-order valence-corrected chi connectivity index (χ3v) is 9.33. The third kappa shape index (κ3) is 6.84. The van der Waals surface area contributed by atoms with E-state index in [0.29, 0.717) is 12.1 Å². The van der Waals surface area contributed by atoms with Gasteiger partial charge < -0.3 is 35.8 Å². The molecule has 0 spiro atoms. The number of aromatic nitrogens is 1. The number of likely N-dealkylation sites (tertiary alicyclic amines) is 1. The largest absolute Gasteiger partial charge is 0.479 e. The summed E-state index contributed by atoms with van der Waals surface area (Å²) in [6.07, 6.45) is 2.37. The van der Waals surface area contributed by atoms with Gasteiger partial charge >= 0.3 is 18.1 Å². The molecule has 14 heteroatoms. The molecule has 256 valence electrons. The minimum absolute atomic E-state index is 0.113. The molecule has 0 bridgehead atoms. The number of benzene rings is 1. The molecule has 5 amide bonds. The van der Waals surface area contributed by atoms with E-state index in [4.69, 9.17) is 4.74 Å². The maximum atomic E-state index is 14.0. The van der Waals surface area contributed by atoms with Crippen LogP contribution in [0.2, 0.25) is 0 Å². The number of urea groups is 1. The monoisotopic (exact) mass is 662 g/mol. The minimum Gasteiger partial charge on any atom is -0.479 e. The van der Waals surface area contributed by atoms with Gasteiger partial charge in [0.2, 0.25) is 11.8 Å². The molecule has 5 rings (SSSR count). The number of aliphatic carboxylic acids is 1. The van der Waals surface area contributed by atoms with E-state index in [1.807, 2.05) is 24.3 Å². The number of nitrogens with one attached hydrogen (secondary N) is 3. The number of carboxylic acid groups (broad SMARTS) is 1. The van der Waals surface area contributed by atoms with Gasteiger partial charge in [-0.3, -0.25) is 19.5 Å². The molecule has 14 nitrogen and oxygen atoms in total. The molecule has 1 aromatic heterocycles. The van der Waals surface area contributed by atoms with Gasteiger partial charge in [0.05, 0.1) is 30.6 Å². The number of rotatable bonds is 9. The number of amides is 5. The maximum Gasteiger partial charge on any atom is 0.414 e. The van der Waals surface area contributed by atoms with Gasteiger partial charge in [-0.05, 0) is 35.1 Å². The number of carbonyl (C=O) groups excluding carboxylic acids is 4. The highest BCUT2D eigenvalue weighted by molar-refractivity contribution is 5.95. The first kappa shape index (κ1) is 34.4. The lowest BCUT2D eigenvalue weighted by atomic mass is 9.86. The van der Waals surface area contributed by atoms with Gasteiger partial charge in [0.25, 0.3) is 0 Å². The smallest absolute Gasteiger partial charge is 0.414 e. The summed E-state index contributed by atoms with van der Waals surface area (Å²) in [6, 6.07) is 6.94. The number of carbonyl (C=O) groups is 5. The first-order valence-corrected chi connectivity index (χ1v) is 15.8. The molecule has 48 heavy (non-hydrogen) atoms. The van der Waals surface area contributed by atoms with Crippen molar-refractivity contribution in [3.63, 3.8) is 0 Å². The Morgan fingerprint density at radius 1 is 1.17 bits per heavy atom. The lowest BCUT2D eigenvalue weighted by Crippen LogP contribution is -2.60. The van der Waals surface area contributed by atoms with Gasteiger partial charge in [-0.25, -0.2) is 14.4 Å². The summed E-state index contributed by atoms with van der Waals surface area (Å²) in [7, 11) is 1.49. The summed E-state index contributed by atoms with van der Waals surface area (Å²) in [6.45, 7) is 8.75. The van der Waals surface area contributed by atoms with Gasteiger partial charge in [0.15, 0.2) is 0 Å². The number of pyridine rings is 1. The average molecular weight is 663 g/mol. The molecule has 1 saturated carbocycles. The summed E-state index contributed by atoms with van der Waals surface area (Å²) in [5.74, 6) is -2.99. The molecule has 1 saturated heterocycles. The Bertz CT molecular complexity index is 1600. The van der Waals surface area contributed by atoms with Crippen LogP contribution in [0, 0.1) is 11.3 Å². The quantitative estimate of drug-likeness (QED) is 0.251. The van der Waals surface area contributed by atoms with Gasteiger partial charge in [-0.2, -0.15) is 0 Å². The van der Waals surface area contributed by atoms with Crippen molar-refractivity contribution in [2.45, 2.75) is 75.9 Å². The van der Waals surface area contributed by atoms with Crippen LogP contribution in [0.1, 0.15) is 50.8 Å². The topological polar surface area (TPSA) is 190 Å². The van der Waals surface area contributed by atoms with Crippen LogP contribution >= 0.6 is 0 Å². The molecular formula is C34H42N6O8. The van der Waals surface area contributed by atoms with Crippen LogP contribution in [-0.2, 0) is 25.5 Å². The van der Waals surface area contributed by atoms with E-state index < -0.39 is 77.1 Å². The number of aliphatic hydroxyl groups is 1. The molecule has 2 aromatic rings. The summed E-state index contributed by atoms with van der Waals surface area (Å²) in [4.78, 5) is 72.9. The number of ether oxygens (including phenoxy) is 1. The van der Waals surface area contributed by atoms with E-state index in [0.717, 1.165) is 16.0 Å². The van der Waals surface area contributed by atoms with Crippen molar-refractivity contribution < 1.29 is 38.9 Å². The summed E-state index contributed by atoms with van der Waals surface area (Å²) >= 11 is 0. The van der Waals surface area contributed by atoms with Crippen LogP contribution in [0.25, 0.3) is 0 Å². The Hall–Kier alpha value is -4.98. The van der Waals surface area contributed by atoms with E-state index in [-0.39, 0.29) is 19.4 Å². The number of hydrogen-bond donors (Lipinski definition) is 5. The fraction of sp³-hybridized carbons (Fsp3) is 0.471. The molecule has 5 N–H and O–H groups in total. The van der Waals surface area contributed by atoms with Crippen LogP contribution in [0.4, 0.5) is 15.3 Å². The fourth-order valence-electron chi connectivity index (χ4n) is 6.42. The second-order valence-corrected chi connectivity index (χ2v) is 13.7. The number of nitrogens with zero attached hydrogens (tertiary/aromatic N) is 3. The predicted molar refractivity (Wildman–Crippen MR) is 174 cm³/mol. The van der Waals surface area contributed by atoms with E-state index in [1.165, 1.54) is 24.2 Å². The number of anilines is 1. The van der Waals surface area contributed by atoms with Crippen LogP contribution in [0.15, 0.2) is 61.4 Å². The Labute approximate surface area is 278 Å². The van der Waals surface area contributed by atoms with Gasteiger partial charge in [0, 0.05) is 32.0 Å². The Balaban J connectivity index is 1.35. The fourth-order valence-corrected chi connectivity index (χ4v) is 6.42. The third-order valence-electron chi connectivity index (χ3n) is 9.33. The van der Waals surface area contributed by atoms with Crippen LogP contribution in [0.5, 0.6) is 0 Å². The molecule has 1 aromatic carbocycles. The van der Waals surface area contributed by atoms with Crippen molar-refractivity contribution in [1.29, 1.82) is 0 Å². The zero-order chi connectivity index (χ0) is 35.0. The summed E-state index contributed by atoms with van der Waals surface area (Å²) in [5.41, 5.74) is -0.189. The molecule has 1 aliphatic heterocycles. The normalized spacial score (nSPS) is 26.4. The molecule has 2 fully saturated rings. The van der Waals surface area contributed by atoms with E-state index in [1.54, 1.807) is 39.1 Å². The SMILES string of the molecule is C=C[C@@H]1C[C@]1(NC(=O)[C@@H]1C[C@@H](OC(=O)N(C)c2cccnc2)CN1C(=O)N[C@H](C(=O)N[C@H]1c2ccccc2C[C@H]1O)C(C)(C)C)C(=O)O. The summed E-state index contributed by atoms with van der Waals surface area (Å²) < 4.78 is 5.70. The molecule has 2 aliphatic carbocycles. The standard InChI is InChI=1S/C34H42N6O8/c1-6-20-16-34(20,30(44)45)38-28(42)24-15-22(48-32(47)39(5)21-11-9-13-35-17-21)18-40(24)31(46)37-27(33(2,3)4)29(43)36-26-23-12-8-7-10-19(23)14-25(26)41/h6-13,17,20,22,24-27,41H,1,14-16,18H2,2-5H3,(H,36,43)(H,37,46)(H,38,42)(H,44,45)/t20-,22-,24+,25-,26+,27-,34-/m1/s1. The molecule has 3 aliphatic rings. The highest BCUT2D eigenvalue weighted by Crippen LogP contribution is 2.45. The molecule has 7 atom stereocenters. The first-order valence-electron chi connectivity index (χ1n) is 15.8. The molecule has 2 heterocycles. The van der Waals surface area contributed by atoms with Gasteiger partial charge in [-0.1, -0.05) is 51.1 Å². The van der Waals surface area contributed by atoms with Crippen molar-refractivity contribution in [3.8, 4) is 0 Å². The Morgan fingerprint density at radius 2 is 1.90 bits per heavy atom. The highest BCUT2D eigenvalue weighted by atomic mass is 16.6. The number of aliphatic hydroxyl groups excluding tert-OH is 1. The molecule has 0 unspecified atom stereocenters. The van der Waals surface area contributed by atoms with Crippen molar-refractivity contribution in [3.05, 3.63) is 72.6 Å². The van der Waals surface area contributed by atoms with E-state index >= 15 is 0 Å². The van der Waals surface area contributed by atoms with E-state index in [9.17, 15) is 34.2 Å². The van der Waals surface area contributed by atoms with Gasteiger partial charge in [0.1, 0.15) is 23.7 Å². The first-order chi connectivity index (χ1) is 22.7. The minimum atomic E-state index is -1.55. The lowest BCUT2D eigenvalue weighted by molar-refractivity contribution is -0.144. The highest BCUT2D eigenvalue weighted by Gasteiger charge is 2.61. The van der Waals surface area contributed by atoms with Crippen LogP contribution < -0.4 is 20.9 Å². The number of fused-ring (bicyclic) bond motifs is 1. The van der Waals surface area contributed by atoms with Crippen molar-refractivity contribution in [1.82, 2.24) is 25.8 Å². The van der Waals surface area contributed by atoms with E-state index in [2.05, 4.69) is 27.5 Å². The van der Waals surface area contributed by atoms with Gasteiger partial charge in [-0.15, -0.1) is 6.58 Å². The zero-order valence-electron chi connectivity index (χ0n) is 27.4. The maximum absolute atomic E-state index is 14.0. The van der Waals surface area contributed by atoms with Crippen molar-refractivity contribution in [2.75, 3.05) is 18.5 Å². The summed E-state index contributed by atoms with van der Waals surface area (Å²) in [5, 5.41) is 28.9. The predicted octanol–water partition coefficient (Wildman–Crippen LogP) is 2.14. The molecular weight excluding hydrogens is 620 g/mol. The Morgan fingerprint density at radius 3 is 2.52 bits per heavy atom. The van der Waals surface area contributed by atoms with Crippen molar-refractivity contribution in [2.24, 2.45) is 11.3 Å². The number of carboxylic acids is 1. The lowest BCUT2D eigenvalue weighted by Gasteiger charge is -2.34. The number of hydrogen-bond acceptors (Lipinski definition) is 8. The van der Waals surface area contributed by atoms with Crippen LogP contribution in [-0.4, -0.2) is 93.4 Å². The molecule has 0 radical (unpaired) electrons. The Kier molecular flexibility index (Phi) is 9.49. The second kappa shape index (κ2) is 13.3. The second-order valence-electron chi connectivity index (χ2n) is 13.7. The average Bonchev–Trinajstić information content (AvgIpc) is 3.46.